The highest BCUT2D eigenvalue weighted by Gasteiger charge is 2.15. The van der Waals surface area contributed by atoms with Crippen molar-refractivity contribution in [1.29, 1.82) is 0 Å². The maximum Gasteiger partial charge on any atom is 0.302 e. The summed E-state index contributed by atoms with van der Waals surface area (Å²) in [6, 6.07) is 7.98. The lowest BCUT2D eigenvalue weighted by Crippen LogP contribution is -2.11. The Hall–Kier alpha value is -3.03. The number of para-hydroxylation sites is 1. The number of ether oxygens (including phenoxy) is 2. The maximum absolute atomic E-state index is 11.0. The molecular weight excluding hydrogens is 470 g/mol. The van der Waals surface area contributed by atoms with E-state index >= 15 is 0 Å². The lowest BCUT2D eigenvalue weighted by atomic mass is 10.0. The van der Waals surface area contributed by atoms with Crippen molar-refractivity contribution in [3.63, 3.8) is 0 Å². The second-order valence-corrected chi connectivity index (χ2v) is 9.26. The molecule has 2 heterocycles. The first-order valence-electron chi connectivity index (χ1n) is 10.7. The number of esters is 1. The fourth-order valence-electron chi connectivity index (χ4n) is 3.47. The van der Waals surface area contributed by atoms with Crippen molar-refractivity contribution in [1.82, 2.24) is 14.9 Å². The zero-order valence-corrected chi connectivity index (χ0v) is 21.4. The highest BCUT2D eigenvalue weighted by molar-refractivity contribution is 7.99. The Kier molecular flexibility index (Phi) is 8.96. The quantitative estimate of drug-likeness (QED) is 0.149. The molecule has 0 aliphatic heterocycles. The van der Waals surface area contributed by atoms with Gasteiger partial charge in [-0.3, -0.25) is 9.78 Å². The Balaban J connectivity index is 1.92. The fourth-order valence-corrected chi connectivity index (χ4v) is 4.60. The average molecular weight is 498 g/mol. The molecule has 0 amide bonds. The van der Waals surface area contributed by atoms with Crippen LogP contribution < -0.4 is 4.74 Å². The molecule has 0 radical (unpaired) electrons. The number of rotatable bonds is 10. The fraction of sp³-hybridized carbons (Fsp3) is 0.269. The third-order valence-corrected chi connectivity index (χ3v) is 6.31. The van der Waals surface area contributed by atoms with Gasteiger partial charge >= 0.3 is 5.97 Å². The number of pyridine rings is 2. The van der Waals surface area contributed by atoms with Crippen LogP contribution in [0.25, 0.3) is 16.6 Å². The maximum atomic E-state index is 11.0. The number of allylic oxidation sites excluding steroid dienone is 2. The summed E-state index contributed by atoms with van der Waals surface area (Å²) in [4.78, 5) is 22.9. The van der Waals surface area contributed by atoms with Crippen LogP contribution in [0.5, 0.6) is 5.75 Å². The molecule has 34 heavy (non-hydrogen) atoms. The van der Waals surface area contributed by atoms with Crippen molar-refractivity contribution < 1.29 is 14.3 Å². The van der Waals surface area contributed by atoms with Gasteiger partial charge in [-0.2, -0.15) is 0 Å². The Morgan fingerprint density at radius 3 is 2.79 bits per heavy atom. The monoisotopic (exact) mass is 497 g/mol. The van der Waals surface area contributed by atoms with Crippen LogP contribution in [0.2, 0.25) is 5.02 Å². The predicted octanol–water partition coefficient (Wildman–Crippen LogP) is 5.91. The first-order valence-corrected chi connectivity index (χ1v) is 12.1. The van der Waals surface area contributed by atoms with Crippen LogP contribution in [0.3, 0.4) is 0 Å². The van der Waals surface area contributed by atoms with Crippen LogP contribution in [0, 0.1) is 6.92 Å². The number of thioether (sulfide) groups is 1. The summed E-state index contributed by atoms with van der Waals surface area (Å²) in [6.45, 7) is 7.79. The number of fused-ring (bicyclic) bond motifs is 1. The molecule has 0 N–H and O–H groups in total. The number of halogens is 1. The van der Waals surface area contributed by atoms with Gasteiger partial charge in [0, 0.05) is 72.0 Å². The van der Waals surface area contributed by atoms with Crippen LogP contribution in [0.15, 0.2) is 60.3 Å². The van der Waals surface area contributed by atoms with Gasteiger partial charge in [-0.05, 0) is 25.1 Å². The second kappa shape index (κ2) is 11.9. The summed E-state index contributed by atoms with van der Waals surface area (Å²) >= 11 is 7.98. The topological polar surface area (TPSA) is 64.6 Å². The predicted molar refractivity (Wildman–Crippen MR) is 139 cm³/mol. The van der Waals surface area contributed by atoms with Crippen LogP contribution in [0.4, 0.5) is 0 Å². The first-order chi connectivity index (χ1) is 16.3. The number of hydrogen-bond acceptors (Lipinski definition) is 7. The van der Waals surface area contributed by atoms with Gasteiger partial charge in [-0.15, -0.1) is 11.8 Å². The number of hydrogen-bond donors (Lipinski definition) is 0. The third kappa shape index (κ3) is 6.30. The molecule has 2 aromatic heterocycles. The zero-order chi connectivity index (χ0) is 24.7. The van der Waals surface area contributed by atoms with E-state index in [2.05, 4.69) is 22.5 Å². The molecule has 0 aliphatic rings. The van der Waals surface area contributed by atoms with Crippen LogP contribution >= 0.6 is 23.4 Å². The summed E-state index contributed by atoms with van der Waals surface area (Å²) in [5.74, 6) is 0.963. The van der Waals surface area contributed by atoms with E-state index in [1.54, 1.807) is 18.5 Å². The highest BCUT2D eigenvalue weighted by Crippen LogP contribution is 2.34. The molecule has 178 valence electrons. The molecule has 0 saturated carbocycles. The number of nitrogens with zero attached hydrogens (tertiary/aromatic N) is 3. The molecule has 3 rings (SSSR count). The Bertz CT molecular complexity index is 1230. The number of benzene rings is 1. The van der Waals surface area contributed by atoms with Crippen molar-refractivity contribution in [2.45, 2.75) is 25.3 Å². The summed E-state index contributed by atoms with van der Waals surface area (Å²) in [6.07, 6.45) is 7.11. The van der Waals surface area contributed by atoms with E-state index in [1.807, 2.05) is 45.3 Å². The molecule has 0 spiro atoms. The van der Waals surface area contributed by atoms with Gasteiger partial charge in [0.2, 0.25) is 0 Å². The molecule has 8 heteroatoms. The van der Waals surface area contributed by atoms with Crippen LogP contribution in [-0.2, 0) is 16.1 Å². The molecule has 0 fully saturated rings. The van der Waals surface area contributed by atoms with E-state index in [1.165, 1.54) is 18.7 Å². The van der Waals surface area contributed by atoms with E-state index in [9.17, 15) is 4.79 Å². The second-order valence-electron chi connectivity index (χ2n) is 7.72. The summed E-state index contributed by atoms with van der Waals surface area (Å²) < 4.78 is 11.3. The minimum Gasteiger partial charge on any atom is -0.487 e. The van der Waals surface area contributed by atoms with E-state index in [-0.39, 0.29) is 12.6 Å². The Labute approximate surface area is 209 Å². The molecule has 0 bridgehead atoms. The first kappa shape index (κ1) is 25.6. The van der Waals surface area contributed by atoms with Crippen LogP contribution in [-0.4, -0.2) is 47.3 Å². The summed E-state index contributed by atoms with van der Waals surface area (Å²) in [7, 11) is 4.01. The number of aryl methyl sites for hydroxylation is 1. The highest BCUT2D eigenvalue weighted by atomic mass is 35.5. The molecule has 6 nitrogen and oxygen atoms in total. The van der Waals surface area contributed by atoms with Crippen molar-refractivity contribution in [2.75, 3.05) is 26.5 Å². The van der Waals surface area contributed by atoms with E-state index < -0.39 is 0 Å². The SMILES string of the molecule is C=C/C=C(/c1cc(C)nc2c(OCc3c(Cl)cncc3SCCOC(C)=O)cccc12)N(C)C. The summed E-state index contributed by atoms with van der Waals surface area (Å²) in [5.41, 5.74) is 4.59. The molecular formula is C26H28ClN3O3S. The van der Waals surface area contributed by atoms with Gasteiger partial charge in [-0.1, -0.05) is 36.4 Å². The number of aromatic nitrogens is 2. The van der Waals surface area contributed by atoms with E-state index in [0.717, 1.165) is 38.3 Å². The number of carbonyl (C=O) groups excluding carboxylic acids is 1. The third-order valence-electron chi connectivity index (χ3n) is 4.95. The normalized spacial score (nSPS) is 11.4. The van der Waals surface area contributed by atoms with Gasteiger partial charge in [-0.25, -0.2) is 4.98 Å². The van der Waals surface area contributed by atoms with Crippen LogP contribution in [0.1, 0.15) is 23.7 Å². The Morgan fingerprint density at radius 1 is 1.29 bits per heavy atom. The Morgan fingerprint density at radius 2 is 2.09 bits per heavy atom. The molecule has 0 atom stereocenters. The van der Waals surface area contributed by atoms with Gasteiger partial charge < -0.3 is 14.4 Å². The minimum atomic E-state index is -0.299. The van der Waals surface area contributed by atoms with Crippen molar-refractivity contribution in [3.8, 4) is 5.75 Å². The van der Waals surface area contributed by atoms with Gasteiger partial charge in [0.15, 0.2) is 0 Å². The molecule has 0 unspecified atom stereocenters. The minimum absolute atomic E-state index is 0.254. The van der Waals surface area contributed by atoms with Crippen molar-refractivity contribution in [3.05, 3.63) is 77.2 Å². The zero-order valence-electron chi connectivity index (χ0n) is 19.8. The summed E-state index contributed by atoms with van der Waals surface area (Å²) in [5, 5.41) is 1.51. The number of carbonyl (C=O) groups is 1. The smallest absolute Gasteiger partial charge is 0.302 e. The van der Waals surface area contributed by atoms with Gasteiger partial charge in [0.1, 0.15) is 24.5 Å². The van der Waals surface area contributed by atoms with Crippen molar-refractivity contribution in [2.24, 2.45) is 0 Å². The lowest BCUT2D eigenvalue weighted by molar-refractivity contribution is -0.140. The molecule has 0 aliphatic carbocycles. The molecule has 3 aromatic rings. The molecule has 1 aromatic carbocycles. The van der Waals surface area contributed by atoms with E-state index in [0.29, 0.717) is 23.1 Å². The lowest BCUT2D eigenvalue weighted by Gasteiger charge is -2.20. The molecule has 0 saturated heterocycles. The largest absolute Gasteiger partial charge is 0.487 e. The van der Waals surface area contributed by atoms with Gasteiger partial charge in [0.25, 0.3) is 0 Å². The van der Waals surface area contributed by atoms with E-state index in [4.69, 9.17) is 26.1 Å². The van der Waals surface area contributed by atoms with Gasteiger partial charge in [0.05, 0.1) is 5.02 Å². The standard InChI is InChI=1S/C26H28ClN3O3S/c1-6-8-23(30(4)5)20-13-17(2)29-26-19(20)9-7-10-24(26)33-16-21-22(27)14-28-15-25(21)34-12-11-32-18(3)31/h6-10,13-15H,1,11-12,16H2,2-5H3/b23-8-. The van der Waals surface area contributed by atoms with Crippen molar-refractivity contribution >= 4 is 45.9 Å². The average Bonchev–Trinajstić information content (AvgIpc) is 2.79.